The third-order valence-corrected chi connectivity index (χ3v) is 12.5. The standard InChI is InChI=1S/C38H36ClF4N5O3S/c1-2-26-29(39)6-3-20-9-25(49)10-27(31(20)26)32-30(52-38(41,42)43)11-28-34(33(32)40)45-36(46-35(28)48-14-23-4-5-24(15-48)44-23)51-19-37(7-8-37)18-47-12-21-16-50-17-22(21)13-47/h1,3,6,9-11,21-24,44,49H,4-5,7-8,12-19H2. The molecule has 5 heterocycles. The first-order chi connectivity index (χ1) is 25.0. The van der Waals surface area contributed by atoms with Gasteiger partial charge in [-0.05, 0) is 72.7 Å². The van der Waals surface area contributed by atoms with Gasteiger partial charge in [-0.2, -0.15) is 23.1 Å². The van der Waals surface area contributed by atoms with Gasteiger partial charge in [0.15, 0.2) is 5.82 Å². The first-order valence-electron chi connectivity index (χ1n) is 17.6. The number of benzene rings is 3. The molecule has 52 heavy (non-hydrogen) atoms. The largest absolute Gasteiger partial charge is 0.508 e. The summed E-state index contributed by atoms with van der Waals surface area (Å²) < 4.78 is 72.3. The summed E-state index contributed by atoms with van der Waals surface area (Å²) in [6.07, 6.45) is 9.72. The lowest BCUT2D eigenvalue weighted by atomic mass is 9.93. The Hall–Kier alpha value is -3.54. The van der Waals surface area contributed by atoms with Gasteiger partial charge in [0.25, 0.3) is 0 Å². The topological polar surface area (TPSA) is 83.0 Å². The molecule has 5 aliphatic rings. The molecule has 14 heteroatoms. The highest BCUT2D eigenvalue weighted by Crippen LogP contribution is 2.50. The predicted molar refractivity (Wildman–Crippen MR) is 193 cm³/mol. The monoisotopic (exact) mass is 753 g/mol. The van der Waals surface area contributed by atoms with E-state index in [0.29, 0.717) is 42.7 Å². The quantitative estimate of drug-likeness (QED) is 0.110. The number of aromatic nitrogens is 2. The SMILES string of the molecule is C#Cc1c(Cl)ccc2cc(O)cc(-c3c(SC(F)(F)F)cc4c(N5CC6CCC(C5)N6)nc(OCC5(CN6CC7COCC7C6)CC5)nc4c3F)c12. The van der Waals surface area contributed by atoms with Crippen LogP contribution >= 0.6 is 23.4 Å². The van der Waals surface area contributed by atoms with E-state index in [9.17, 15) is 18.3 Å². The summed E-state index contributed by atoms with van der Waals surface area (Å²) in [6, 6.07) is 7.36. The van der Waals surface area contributed by atoms with Gasteiger partial charge in [-0.1, -0.05) is 23.6 Å². The number of nitrogens with zero attached hydrogens (tertiary/aromatic N) is 4. The number of phenolic OH excluding ortho intramolecular Hbond substituents is 1. The average Bonchev–Trinajstić information content (AvgIpc) is 3.33. The van der Waals surface area contributed by atoms with Crippen LogP contribution < -0.4 is 15.0 Å². The Balaban J connectivity index is 1.18. The van der Waals surface area contributed by atoms with E-state index in [1.165, 1.54) is 24.3 Å². The highest BCUT2D eigenvalue weighted by molar-refractivity contribution is 8.00. The van der Waals surface area contributed by atoms with Crippen LogP contribution in [-0.2, 0) is 4.74 Å². The van der Waals surface area contributed by atoms with Crippen molar-refractivity contribution in [2.45, 2.75) is 48.2 Å². The molecule has 9 rings (SSSR count). The van der Waals surface area contributed by atoms with E-state index in [-0.39, 0.29) is 61.7 Å². The van der Waals surface area contributed by atoms with Crippen molar-refractivity contribution < 1.29 is 32.1 Å². The second kappa shape index (κ2) is 12.8. The minimum Gasteiger partial charge on any atom is -0.508 e. The molecule has 5 fully saturated rings. The van der Waals surface area contributed by atoms with Gasteiger partial charge in [-0.15, -0.1) is 6.42 Å². The normalized spacial score (nSPS) is 25.2. The fraction of sp³-hybridized carbons (Fsp3) is 0.474. The molecule has 4 atom stereocenters. The number of fused-ring (bicyclic) bond motifs is 5. The molecule has 1 aromatic heterocycles. The number of anilines is 1. The van der Waals surface area contributed by atoms with Crippen molar-refractivity contribution in [1.29, 1.82) is 0 Å². The molecule has 272 valence electrons. The van der Waals surface area contributed by atoms with Gasteiger partial charge in [0, 0.05) is 83.3 Å². The van der Waals surface area contributed by atoms with Crippen LogP contribution in [0.3, 0.4) is 0 Å². The molecule has 1 saturated carbocycles. The van der Waals surface area contributed by atoms with E-state index in [4.69, 9.17) is 32.5 Å². The molecule has 1 aliphatic carbocycles. The van der Waals surface area contributed by atoms with Crippen LogP contribution in [0.25, 0.3) is 32.8 Å². The molecule has 4 aromatic rings. The molecule has 2 bridgehead atoms. The summed E-state index contributed by atoms with van der Waals surface area (Å²) in [5, 5.41) is 15.3. The van der Waals surface area contributed by atoms with Gasteiger partial charge in [-0.3, -0.25) is 0 Å². The zero-order valence-corrected chi connectivity index (χ0v) is 29.7. The number of ether oxygens (including phenoxy) is 2. The van der Waals surface area contributed by atoms with E-state index in [1.54, 1.807) is 6.07 Å². The van der Waals surface area contributed by atoms with Crippen molar-refractivity contribution in [3.8, 4) is 35.2 Å². The lowest BCUT2D eigenvalue weighted by molar-refractivity contribution is -0.0328. The first kappa shape index (κ1) is 34.2. The van der Waals surface area contributed by atoms with Crippen LogP contribution in [0, 0.1) is 35.4 Å². The van der Waals surface area contributed by atoms with E-state index in [1.807, 2.05) is 4.90 Å². The maximum absolute atomic E-state index is 17.4. The molecule has 4 unspecified atom stereocenters. The van der Waals surface area contributed by atoms with Gasteiger partial charge in [0.1, 0.15) is 17.1 Å². The fourth-order valence-electron chi connectivity index (χ4n) is 8.79. The predicted octanol–water partition coefficient (Wildman–Crippen LogP) is 7.22. The van der Waals surface area contributed by atoms with Crippen LogP contribution in [0.1, 0.15) is 31.2 Å². The number of aromatic hydroxyl groups is 1. The Morgan fingerprint density at radius 3 is 2.48 bits per heavy atom. The first-order valence-corrected chi connectivity index (χ1v) is 18.8. The molecule has 4 aliphatic heterocycles. The molecule has 3 aromatic carbocycles. The zero-order valence-electron chi connectivity index (χ0n) is 28.1. The number of hydrogen-bond acceptors (Lipinski definition) is 9. The molecular formula is C38H36ClF4N5O3S. The van der Waals surface area contributed by atoms with Crippen LogP contribution in [0.5, 0.6) is 11.8 Å². The Morgan fingerprint density at radius 2 is 1.81 bits per heavy atom. The summed E-state index contributed by atoms with van der Waals surface area (Å²) >= 11 is 6.02. The molecule has 4 saturated heterocycles. The summed E-state index contributed by atoms with van der Waals surface area (Å²) in [6.45, 7) is 5.93. The molecule has 0 radical (unpaired) electrons. The number of thioether (sulfide) groups is 1. The Bertz CT molecular complexity index is 2120. The fourth-order valence-corrected chi connectivity index (χ4v) is 9.73. The minimum absolute atomic E-state index is 0.0273. The molecular weight excluding hydrogens is 718 g/mol. The van der Waals surface area contributed by atoms with Gasteiger partial charge in [0.2, 0.25) is 0 Å². The molecule has 2 N–H and O–H groups in total. The van der Waals surface area contributed by atoms with E-state index >= 15 is 4.39 Å². The number of rotatable bonds is 8. The van der Waals surface area contributed by atoms with Crippen LogP contribution in [0.4, 0.5) is 23.4 Å². The molecule has 8 nitrogen and oxygen atoms in total. The number of hydrogen-bond donors (Lipinski definition) is 2. The third-order valence-electron chi connectivity index (χ3n) is 11.4. The van der Waals surface area contributed by atoms with Crippen LogP contribution in [0.15, 0.2) is 35.2 Å². The minimum atomic E-state index is -4.77. The zero-order chi connectivity index (χ0) is 35.9. The van der Waals surface area contributed by atoms with Crippen molar-refractivity contribution in [3.05, 3.63) is 46.7 Å². The number of terminal acetylenes is 1. The highest BCUT2D eigenvalue weighted by Gasteiger charge is 2.48. The second-order valence-corrected chi connectivity index (χ2v) is 16.6. The van der Waals surface area contributed by atoms with Crippen molar-refractivity contribution in [1.82, 2.24) is 20.2 Å². The van der Waals surface area contributed by atoms with Crippen LogP contribution in [-0.4, -0.2) is 90.1 Å². The number of nitrogens with one attached hydrogen (secondary N) is 1. The number of piperazine rings is 1. The smallest absolute Gasteiger partial charge is 0.446 e. The van der Waals surface area contributed by atoms with Gasteiger partial charge in [0.05, 0.1) is 30.4 Å². The van der Waals surface area contributed by atoms with Gasteiger partial charge < -0.3 is 29.7 Å². The van der Waals surface area contributed by atoms with E-state index < -0.39 is 33.5 Å². The summed E-state index contributed by atoms with van der Waals surface area (Å²) in [5.74, 6) is 2.69. The highest BCUT2D eigenvalue weighted by atomic mass is 35.5. The number of halogens is 5. The maximum atomic E-state index is 17.4. The van der Waals surface area contributed by atoms with Crippen molar-refractivity contribution >= 4 is 50.9 Å². The Kier molecular flexibility index (Phi) is 8.43. The van der Waals surface area contributed by atoms with E-state index in [2.05, 4.69) is 21.1 Å². The lowest BCUT2D eigenvalue weighted by Crippen LogP contribution is -2.51. The summed E-state index contributed by atoms with van der Waals surface area (Å²) in [7, 11) is 0. The lowest BCUT2D eigenvalue weighted by Gasteiger charge is -2.34. The summed E-state index contributed by atoms with van der Waals surface area (Å²) in [5.41, 5.74) is -5.28. The molecule has 0 amide bonds. The number of phenols is 1. The van der Waals surface area contributed by atoms with Gasteiger partial charge in [-0.25, -0.2) is 4.39 Å². The third kappa shape index (κ3) is 6.30. The Labute approximate surface area is 307 Å². The van der Waals surface area contributed by atoms with Crippen LogP contribution in [0.2, 0.25) is 5.02 Å². The van der Waals surface area contributed by atoms with Gasteiger partial charge >= 0.3 is 11.5 Å². The van der Waals surface area contributed by atoms with Crippen molar-refractivity contribution in [3.63, 3.8) is 0 Å². The van der Waals surface area contributed by atoms with E-state index in [0.717, 1.165) is 58.5 Å². The Morgan fingerprint density at radius 1 is 1.08 bits per heavy atom. The average molecular weight is 754 g/mol. The second-order valence-electron chi connectivity index (χ2n) is 15.1. The summed E-state index contributed by atoms with van der Waals surface area (Å²) in [4.78, 5) is 13.5. The number of alkyl halides is 3. The van der Waals surface area contributed by atoms with Crippen molar-refractivity contribution in [2.24, 2.45) is 17.3 Å². The van der Waals surface area contributed by atoms with Crippen molar-refractivity contribution in [2.75, 3.05) is 57.4 Å². The number of likely N-dealkylation sites (tertiary alicyclic amines) is 1. The maximum Gasteiger partial charge on any atom is 0.446 e. The molecule has 0 spiro atoms.